The summed E-state index contributed by atoms with van der Waals surface area (Å²) < 4.78 is 5.19. The van der Waals surface area contributed by atoms with Crippen molar-refractivity contribution in [3.8, 4) is 0 Å². The highest BCUT2D eigenvalue weighted by molar-refractivity contribution is 5.74. The van der Waals surface area contributed by atoms with Crippen LogP contribution in [0, 0.1) is 0 Å². The summed E-state index contributed by atoms with van der Waals surface area (Å²) in [5.74, 6) is 0. The molecule has 0 saturated carbocycles. The van der Waals surface area contributed by atoms with Gasteiger partial charge in [0.2, 0.25) is 0 Å². The van der Waals surface area contributed by atoms with Crippen molar-refractivity contribution in [2.75, 3.05) is 26.4 Å². The molecule has 0 aliphatic heterocycles. The minimum atomic E-state index is -1.32. The smallest absolute Gasteiger partial charge is 0.315 e. The third-order valence-electron chi connectivity index (χ3n) is 3.32. The average molecular weight is 338 g/mol. The molecule has 138 valence electrons. The summed E-state index contributed by atoms with van der Waals surface area (Å²) in [6.07, 6.45) is -3.80. The minimum absolute atomic E-state index is 0.0682. The van der Waals surface area contributed by atoms with Gasteiger partial charge in [-0.25, -0.2) is 4.79 Å². The van der Waals surface area contributed by atoms with E-state index in [1.807, 2.05) is 0 Å². The number of amides is 2. The van der Waals surface area contributed by atoms with Gasteiger partial charge in [-0.2, -0.15) is 0 Å². The van der Waals surface area contributed by atoms with E-state index in [9.17, 15) is 25.2 Å². The Morgan fingerprint density at radius 2 is 1.70 bits per heavy atom. The average Bonchev–Trinajstić information content (AvgIpc) is 2.52. The largest absolute Gasteiger partial charge is 0.394 e. The summed E-state index contributed by atoms with van der Waals surface area (Å²) in [7, 11) is 0. The van der Waals surface area contributed by atoms with Crippen LogP contribution in [0.4, 0.5) is 4.79 Å². The lowest BCUT2D eigenvalue weighted by atomic mass is 10.0. The Bertz CT molecular complexity index is 320. The van der Waals surface area contributed by atoms with Gasteiger partial charge < -0.3 is 40.9 Å². The number of carbonyl (C=O) groups excluding carboxylic acids is 1. The van der Waals surface area contributed by atoms with Gasteiger partial charge in [-0.1, -0.05) is 6.92 Å². The molecule has 0 fully saturated rings. The third kappa shape index (κ3) is 9.69. The van der Waals surface area contributed by atoms with E-state index in [2.05, 4.69) is 10.6 Å². The highest BCUT2D eigenvalue weighted by atomic mass is 16.5. The van der Waals surface area contributed by atoms with Crippen molar-refractivity contribution < 1.29 is 35.1 Å². The molecule has 0 aliphatic rings. The van der Waals surface area contributed by atoms with Gasteiger partial charge in [-0.15, -0.1) is 0 Å². The van der Waals surface area contributed by atoms with E-state index in [0.717, 1.165) is 0 Å². The predicted octanol–water partition coefficient (Wildman–Crippen LogP) is -2.07. The Labute approximate surface area is 136 Å². The molecule has 0 saturated heterocycles. The molecule has 7 N–H and O–H groups in total. The minimum Gasteiger partial charge on any atom is -0.394 e. The van der Waals surface area contributed by atoms with E-state index in [1.54, 1.807) is 13.8 Å². The van der Waals surface area contributed by atoms with Crippen molar-refractivity contribution in [1.29, 1.82) is 0 Å². The second-order valence-corrected chi connectivity index (χ2v) is 5.33. The number of hydrogen-bond acceptors (Lipinski definition) is 7. The van der Waals surface area contributed by atoms with Gasteiger partial charge >= 0.3 is 6.03 Å². The van der Waals surface area contributed by atoms with E-state index in [0.29, 0.717) is 13.0 Å². The van der Waals surface area contributed by atoms with Gasteiger partial charge in [-0.05, 0) is 13.3 Å². The Balaban J connectivity index is 4.49. The summed E-state index contributed by atoms with van der Waals surface area (Å²) in [6.45, 7) is 2.94. The highest BCUT2D eigenvalue weighted by Crippen LogP contribution is 2.07. The first-order valence-electron chi connectivity index (χ1n) is 7.80. The van der Waals surface area contributed by atoms with Gasteiger partial charge in [0.25, 0.3) is 0 Å². The molecule has 23 heavy (non-hydrogen) atoms. The monoisotopic (exact) mass is 338 g/mol. The molecule has 0 heterocycles. The van der Waals surface area contributed by atoms with Crippen LogP contribution in [-0.4, -0.2) is 88.4 Å². The van der Waals surface area contributed by atoms with Crippen LogP contribution in [0.2, 0.25) is 0 Å². The zero-order chi connectivity index (χ0) is 17.8. The van der Waals surface area contributed by atoms with Gasteiger partial charge in [0.1, 0.15) is 12.2 Å². The number of nitrogens with one attached hydrogen (secondary N) is 2. The van der Waals surface area contributed by atoms with Crippen LogP contribution >= 0.6 is 0 Å². The normalized spacial score (nSPS) is 17.9. The molecule has 0 aromatic heterocycles. The molecule has 5 unspecified atom stereocenters. The maximum Gasteiger partial charge on any atom is 0.315 e. The van der Waals surface area contributed by atoms with Crippen molar-refractivity contribution in [2.24, 2.45) is 0 Å². The highest BCUT2D eigenvalue weighted by Gasteiger charge is 2.24. The lowest BCUT2D eigenvalue weighted by Gasteiger charge is -2.26. The Hall–Kier alpha value is -0.970. The fraction of sp³-hybridized carbons (Fsp3) is 0.929. The van der Waals surface area contributed by atoms with Crippen LogP contribution in [0.1, 0.15) is 26.7 Å². The second-order valence-electron chi connectivity index (χ2n) is 5.33. The topological polar surface area (TPSA) is 152 Å². The molecule has 0 aromatic carbocycles. The van der Waals surface area contributed by atoms with Crippen molar-refractivity contribution in [2.45, 2.75) is 57.1 Å². The van der Waals surface area contributed by atoms with Gasteiger partial charge in [-0.3, -0.25) is 0 Å². The summed E-state index contributed by atoms with van der Waals surface area (Å²) >= 11 is 0. The van der Waals surface area contributed by atoms with E-state index >= 15 is 0 Å². The molecular formula is C14H30N2O7. The number of aliphatic hydroxyl groups excluding tert-OH is 5. The summed E-state index contributed by atoms with van der Waals surface area (Å²) in [6, 6.07) is -1.27. The zero-order valence-electron chi connectivity index (χ0n) is 13.7. The number of ether oxygens (including phenoxy) is 1. The Morgan fingerprint density at radius 1 is 1.04 bits per heavy atom. The summed E-state index contributed by atoms with van der Waals surface area (Å²) in [5.41, 5.74) is 0. The molecule has 9 heteroatoms. The van der Waals surface area contributed by atoms with Crippen molar-refractivity contribution >= 4 is 6.03 Å². The molecule has 5 atom stereocenters. The SMILES string of the molecule is CCNC(=O)NC(COCC(O)C(O)CO)C(O)CC(O)CC. The fourth-order valence-corrected chi connectivity index (χ4v) is 1.79. The predicted molar refractivity (Wildman–Crippen MR) is 82.8 cm³/mol. The first kappa shape index (κ1) is 22.0. The summed E-state index contributed by atoms with van der Waals surface area (Å²) in [4.78, 5) is 11.6. The molecule has 0 aromatic rings. The first-order valence-corrected chi connectivity index (χ1v) is 7.80. The number of urea groups is 1. The Morgan fingerprint density at radius 3 is 2.22 bits per heavy atom. The molecule has 0 spiro atoms. The van der Waals surface area contributed by atoms with Crippen LogP contribution < -0.4 is 10.6 Å². The van der Waals surface area contributed by atoms with E-state index in [-0.39, 0.29) is 19.6 Å². The van der Waals surface area contributed by atoms with Crippen LogP contribution in [0.5, 0.6) is 0 Å². The molecule has 9 nitrogen and oxygen atoms in total. The third-order valence-corrected chi connectivity index (χ3v) is 3.32. The number of carbonyl (C=O) groups is 1. The fourth-order valence-electron chi connectivity index (χ4n) is 1.79. The summed E-state index contributed by atoms with van der Waals surface area (Å²) in [5, 5.41) is 52.2. The van der Waals surface area contributed by atoms with E-state index in [4.69, 9.17) is 9.84 Å². The van der Waals surface area contributed by atoms with E-state index < -0.39 is 43.1 Å². The quantitative estimate of drug-likeness (QED) is 0.216. The number of hydrogen-bond donors (Lipinski definition) is 7. The Kier molecular flexibility index (Phi) is 11.9. The number of aliphatic hydroxyl groups is 5. The molecule has 0 bridgehead atoms. The zero-order valence-corrected chi connectivity index (χ0v) is 13.7. The molecule has 2 amide bonds. The maximum atomic E-state index is 11.6. The van der Waals surface area contributed by atoms with E-state index in [1.165, 1.54) is 0 Å². The molecular weight excluding hydrogens is 308 g/mol. The molecule has 0 rings (SSSR count). The maximum absolute atomic E-state index is 11.6. The van der Waals surface area contributed by atoms with Gasteiger partial charge in [0, 0.05) is 13.0 Å². The lowest BCUT2D eigenvalue weighted by Crippen LogP contribution is -2.51. The molecule has 0 aliphatic carbocycles. The second kappa shape index (κ2) is 12.5. The standard InChI is InChI=1S/C14H30N2O7/c1-3-9(18)5-11(19)10(16-14(22)15-4-2)7-23-8-13(21)12(20)6-17/h9-13,17-21H,3-8H2,1-2H3,(H2,15,16,22). The van der Waals surface area contributed by atoms with Crippen LogP contribution in [0.15, 0.2) is 0 Å². The van der Waals surface area contributed by atoms with Crippen molar-refractivity contribution in [1.82, 2.24) is 10.6 Å². The van der Waals surface area contributed by atoms with Crippen LogP contribution in [0.25, 0.3) is 0 Å². The van der Waals surface area contributed by atoms with Crippen LogP contribution in [-0.2, 0) is 4.74 Å². The van der Waals surface area contributed by atoms with Crippen molar-refractivity contribution in [3.63, 3.8) is 0 Å². The van der Waals surface area contributed by atoms with Gasteiger partial charge in [0.05, 0.1) is 38.1 Å². The van der Waals surface area contributed by atoms with Gasteiger partial charge in [0.15, 0.2) is 0 Å². The van der Waals surface area contributed by atoms with Crippen molar-refractivity contribution in [3.05, 3.63) is 0 Å². The molecule has 0 radical (unpaired) electrons. The number of rotatable bonds is 12. The van der Waals surface area contributed by atoms with Crippen LogP contribution in [0.3, 0.4) is 0 Å². The lowest BCUT2D eigenvalue weighted by molar-refractivity contribution is -0.0652. The first-order chi connectivity index (χ1) is 10.8.